The molecular formula is C22H15N7. The number of benzene rings is 3. The highest BCUT2D eigenvalue weighted by molar-refractivity contribution is 5.92. The maximum absolute atomic E-state index is 4.57. The molecule has 0 unspecified atom stereocenters. The normalized spacial score (nSPS) is 11.4. The van der Waals surface area contributed by atoms with E-state index in [0.29, 0.717) is 5.82 Å². The zero-order chi connectivity index (χ0) is 19.2. The highest BCUT2D eigenvalue weighted by Crippen LogP contribution is 2.28. The van der Waals surface area contributed by atoms with Gasteiger partial charge in [0.2, 0.25) is 5.82 Å². The van der Waals surface area contributed by atoms with Gasteiger partial charge in [-0.05, 0) is 24.3 Å². The Morgan fingerprint density at radius 3 is 1.93 bits per heavy atom. The van der Waals surface area contributed by atoms with Gasteiger partial charge in [-0.15, -0.1) is 5.10 Å². The van der Waals surface area contributed by atoms with Crippen LogP contribution in [0.1, 0.15) is 0 Å². The van der Waals surface area contributed by atoms with Crippen LogP contribution in [-0.4, -0.2) is 29.5 Å². The van der Waals surface area contributed by atoms with Crippen molar-refractivity contribution in [3.63, 3.8) is 0 Å². The quantitative estimate of drug-likeness (QED) is 0.465. The lowest BCUT2D eigenvalue weighted by molar-refractivity contribution is 0.620. The summed E-state index contributed by atoms with van der Waals surface area (Å²) in [6.45, 7) is 0. The largest absolute Gasteiger partial charge is 0.235 e. The zero-order valence-corrected chi connectivity index (χ0v) is 15.3. The predicted molar refractivity (Wildman–Crippen MR) is 112 cm³/mol. The molecule has 3 aromatic heterocycles. The number of para-hydroxylation sites is 4. The van der Waals surface area contributed by atoms with Gasteiger partial charge in [0.15, 0.2) is 0 Å². The van der Waals surface area contributed by atoms with Gasteiger partial charge in [-0.25, -0.2) is 19.3 Å². The second-order valence-corrected chi connectivity index (χ2v) is 6.70. The van der Waals surface area contributed by atoms with E-state index in [-0.39, 0.29) is 0 Å². The van der Waals surface area contributed by atoms with E-state index in [0.717, 1.165) is 32.8 Å². The summed E-state index contributed by atoms with van der Waals surface area (Å²) < 4.78 is 3.94. The summed E-state index contributed by atoms with van der Waals surface area (Å²) in [6.07, 6.45) is 5.36. The molecule has 7 heteroatoms. The van der Waals surface area contributed by atoms with Crippen LogP contribution in [-0.2, 0) is 0 Å². The molecule has 29 heavy (non-hydrogen) atoms. The van der Waals surface area contributed by atoms with Gasteiger partial charge >= 0.3 is 0 Å². The van der Waals surface area contributed by atoms with Gasteiger partial charge in [-0.2, -0.15) is 10.2 Å². The van der Waals surface area contributed by atoms with E-state index in [4.69, 9.17) is 0 Å². The third-order valence-corrected chi connectivity index (χ3v) is 5.02. The molecule has 0 atom stereocenters. The molecule has 6 rings (SSSR count). The minimum atomic E-state index is 0.689. The lowest BCUT2D eigenvalue weighted by Crippen LogP contribution is -2.35. The SMILES string of the molecule is c1ccc2c(N(n3cnc4ccccc43)n3cnc4ccccc43)nncc2c1. The summed E-state index contributed by atoms with van der Waals surface area (Å²) in [7, 11) is 0. The Morgan fingerprint density at radius 2 is 1.24 bits per heavy atom. The molecule has 0 aliphatic heterocycles. The Kier molecular flexibility index (Phi) is 3.33. The van der Waals surface area contributed by atoms with Crippen molar-refractivity contribution in [1.29, 1.82) is 0 Å². The molecule has 0 saturated heterocycles. The molecule has 0 radical (unpaired) electrons. The highest BCUT2D eigenvalue weighted by atomic mass is 15.8. The molecule has 0 aliphatic carbocycles. The van der Waals surface area contributed by atoms with Crippen LogP contribution in [0, 0.1) is 0 Å². The average Bonchev–Trinajstić information content (AvgIpc) is 3.40. The number of aromatic nitrogens is 6. The molecule has 0 aliphatic rings. The molecule has 6 aromatic rings. The smallest absolute Gasteiger partial charge is 0.200 e. The number of hydrogen-bond acceptors (Lipinski definition) is 5. The van der Waals surface area contributed by atoms with E-state index < -0.39 is 0 Å². The Bertz CT molecular complexity index is 1400. The summed E-state index contributed by atoms with van der Waals surface area (Å²) in [5.41, 5.74) is 3.71. The molecule has 3 aromatic carbocycles. The molecule has 0 amide bonds. The first kappa shape index (κ1) is 15.8. The minimum Gasteiger partial charge on any atom is -0.235 e. The number of nitrogens with zero attached hydrogens (tertiary/aromatic N) is 7. The summed E-state index contributed by atoms with van der Waals surface area (Å²) in [6, 6.07) is 24.1. The predicted octanol–water partition coefficient (Wildman–Crippen LogP) is 4.06. The molecular weight excluding hydrogens is 362 g/mol. The standard InChI is InChI=1S/C22H15N7/c1-2-8-17-16(7-1)13-25-26-22(17)29(27-14-23-18-9-3-5-11-20(18)27)28-15-24-19-10-4-6-12-21(19)28/h1-15H. The fraction of sp³-hybridized carbons (Fsp3) is 0. The first-order valence-electron chi connectivity index (χ1n) is 9.25. The molecule has 138 valence electrons. The van der Waals surface area contributed by atoms with Gasteiger partial charge in [-0.3, -0.25) is 0 Å². The third kappa shape index (κ3) is 2.37. The van der Waals surface area contributed by atoms with E-state index in [1.165, 1.54) is 0 Å². The Balaban J connectivity index is 1.71. The highest BCUT2D eigenvalue weighted by Gasteiger charge is 2.20. The van der Waals surface area contributed by atoms with Crippen molar-refractivity contribution in [1.82, 2.24) is 29.5 Å². The number of rotatable bonds is 3. The van der Waals surface area contributed by atoms with Gasteiger partial charge < -0.3 is 0 Å². The molecule has 0 spiro atoms. The first-order valence-corrected chi connectivity index (χ1v) is 9.25. The summed E-state index contributed by atoms with van der Waals surface area (Å²) in [5.74, 6) is 0.689. The maximum atomic E-state index is 4.57. The minimum absolute atomic E-state index is 0.689. The van der Waals surface area contributed by atoms with E-state index in [1.54, 1.807) is 18.9 Å². The Labute approximate surface area is 165 Å². The van der Waals surface area contributed by atoms with Crippen LogP contribution in [0.15, 0.2) is 91.6 Å². The zero-order valence-electron chi connectivity index (χ0n) is 15.3. The second kappa shape index (κ2) is 6.13. The Hall–Kier alpha value is -4.26. The van der Waals surface area contributed by atoms with Crippen molar-refractivity contribution < 1.29 is 0 Å². The molecule has 0 N–H and O–H groups in total. The second-order valence-electron chi connectivity index (χ2n) is 6.70. The molecule has 0 bridgehead atoms. The molecule has 0 saturated carbocycles. The van der Waals surface area contributed by atoms with Crippen LogP contribution < -0.4 is 5.12 Å². The monoisotopic (exact) mass is 377 g/mol. The molecule has 3 heterocycles. The van der Waals surface area contributed by atoms with Gasteiger partial charge in [0.25, 0.3) is 0 Å². The summed E-state index contributed by atoms with van der Waals surface area (Å²) in [4.78, 5) is 9.15. The van der Waals surface area contributed by atoms with E-state index >= 15 is 0 Å². The maximum Gasteiger partial charge on any atom is 0.200 e. The summed E-state index contributed by atoms with van der Waals surface area (Å²) in [5, 5.41) is 12.7. The van der Waals surface area contributed by atoms with Crippen LogP contribution in [0.2, 0.25) is 0 Å². The van der Waals surface area contributed by atoms with Gasteiger partial charge in [0, 0.05) is 10.8 Å². The molecule has 7 nitrogen and oxygen atoms in total. The summed E-state index contributed by atoms with van der Waals surface area (Å²) >= 11 is 0. The fourth-order valence-corrected chi connectivity index (χ4v) is 3.66. The van der Waals surface area contributed by atoms with E-state index in [1.807, 2.05) is 87.3 Å². The van der Waals surface area contributed by atoms with Gasteiger partial charge in [0.1, 0.15) is 12.7 Å². The topological polar surface area (TPSA) is 64.7 Å². The van der Waals surface area contributed by atoms with Crippen molar-refractivity contribution >= 4 is 38.7 Å². The lowest BCUT2D eigenvalue weighted by atomic mass is 10.2. The Morgan fingerprint density at radius 1 is 0.655 bits per heavy atom. The first-order chi connectivity index (χ1) is 14.4. The van der Waals surface area contributed by atoms with Crippen molar-refractivity contribution in [2.75, 3.05) is 5.12 Å². The van der Waals surface area contributed by atoms with Crippen LogP contribution in [0.5, 0.6) is 0 Å². The number of anilines is 1. The molecule has 0 fully saturated rings. The van der Waals surface area contributed by atoms with Crippen LogP contribution >= 0.6 is 0 Å². The number of hydrogen-bond donors (Lipinski definition) is 0. The van der Waals surface area contributed by atoms with Crippen molar-refractivity contribution in [3.8, 4) is 0 Å². The van der Waals surface area contributed by atoms with Gasteiger partial charge in [0.05, 0.1) is 28.3 Å². The van der Waals surface area contributed by atoms with Crippen LogP contribution in [0.3, 0.4) is 0 Å². The average molecular weight is 377 g/mol. The van der Waals surface area contributed by atoms with E-state index in [9.17, 15) is 0 Å². The van der Waals surface area contributed by atoms with Gasteiger partial charge in [-0.1, -0.05) is 48.5 Å². The van der Waals surface area contributed by atoms with E-state index in [2.05, 4.69) is 20.2 Å². The van der Waals surface area contributed by atoms with Crippen molar-refractivity contribution in [2.24, 2.45) is 0 Å². The number of fused-ring (bicyclic) bond motifs is 3. The van der Waals surface area contributed by atoms with Crippen molar-refractivity contribution in [3.05, 3.63) is 91.6 Å². The lowest BCUT2D eigenvalue weighted by Gasteiger charge is -2.26. The fourth-order valence-electron chi connectivity index (χ4n) is 3.66. The van der Waals surface area contributed by atoms with Crippen LogP contribution in [0.4, 0.5) is 5.82 Å². The third-order valence-electron chi connectivity index (χ3n) is 5.02. The number of imidazole rings is 2. The van der Waals surface area contributed by atoms with Crippen LogP contribution in [0.25, 0.3) is 32.8 Å². The van der Waals surface area contributed by atoms with Crippen molar-refractivity contribution in [2.45, 2.75) is 0 Å².